The number of ether oxygens (including phenoxy) is 1. The van der Waals surface area contributed by atoms with E-state index in [1.807, 2.05) is 36.4 Å². The average Bonchev–Trinajstić information content (AvgIpc) is 3.21. The van der Waals surface area contributed by atoms with Gasteiger partial charge >= 0.3 is 0 Å². The number of hydrogen-bond donors (Lipinski definition) is 0. The summed E-state index contributed by atoms with van der Waals surface area (Å²) in [6.45, 7) is 0. The van der Waals surface area contributed by atoms with Gasteiger partial charge in [0, 0.05) is 37.3 Å². The maximum atomic E-state index is 13.1. The molecule has 0 aliphatic carbocycles. The van der Waals surface area contributed by atoms with Crippen LogP contribution in [0, 0.1) is 0 Å². The first-order chi connectivity index (χ1) is 12.8. The minimum absolute atomic E-state index is 0.0843. The summed E-state index contributed by atoms with van der Waals surface area (Å²) in [5.41, 5.74) is 0.907. The van der Waals surface area contributed by atoms with Gasteiger partial charge in [-0.2, -0.15) is 0 Å². The Morgan fingerprint density at radius 1 is 1.08 bits per heavy atom. The first-order valence-corrected chi connectivity index (χ1v) is 9.84. The monoisotopic (exact) mass is 365 g/mol. The lowest BCUT2D eigenvalue weighted by Crippen LogP contribution is -2.49. The molecule has 3 aromatic rings. The third-order valence-corrected chi connectivity index (χ3v) is 6.38. The fraction of sp³-hybridized carbons (Fsp3) is 0.350. The minimum atomic E-state index is 0.0843. The van der Waals surface area contributed by atoms with Gasteiger partial charge in [0.05, 0.1) is 10.2 Å². The van der Waals surface area contributed by atoms with Crippen LogP contribution >= 0.6 is 11.3 Å². The first kappa shape index (κ1) is 15.8. The van der Waals surface area contributed by atoms with Gasteiger partial charge in [0.15, 0.2) is 5.01 Å². The summed E-state index contributed by atoms with van der Waals surface area (Å²) in [5.74, 6) is 0.941. The molecule has 26 heavy (non-hydrogen) atoms. The second-order valence-electron chi connectivity index (χ2n) is 6.98. The molecule has 2 aromatic heterocycles. The molecule has 132 valence electrons. The van der Waals surface area contributed by atoms with Crippen LogP contribution in [0.15, 0.2) is 48.8 Å². The van der Waals surface area contributed by atoms with Crippen molar-refractivity contribution in [3.63, 3.8) is 0 Å². The maximum Gasteiger partial charge on any atom is 0.283 e. The topological polar surface area (TPSA) is 55.3 Å². The SMILES string of the molecule is O=C(c1nc2ccccc2s1)N1C2CCC1CC(Oc1ccncc1)C2. The summed E-state index contributed by atoms with van der Waals surface area (Å²) in [6.07, 6.45) is 7.53. The lowest BCUT2D eigenvalue weighted by molar-refractivity contribution is 0.0358. The number of para-hydroxylation sites is 1. The smallest absolute Gasteiger partial charge is 0.283 e. The molecule has 0 radical (unpaired) electrons. The molecule has 6 heteroatoms. The molecule has 1 aromatic carbocycles. The quantitative estimate of drug-likeness (QED) is 0.706. The van der Waals surface area contributed by atoms with Crippen molar-refractivity contribution in [1.82, 2.24) is 14.9 Å². The number of pyridine rings is 1. The Kier molecular flexibility index (Phi) is 3.85. The van der Waals surface area contributed by atoms with E-state index < -0.39 is 0 Å². The van der Waals surface area contributed by atoms with Crippen LogP contribution in [0.1, 0.15) is 35.5 Å². The highest BCUT2D eigenvalue weighted by atomic mass is 32.1. The fourth-order valence-corrected chi connectivity index (χ4v) is 5.15. The molecular weight excluding hydrogens is 346 g/mol. The first-order valence-electron chi connectivity index (χ1n) is 9.03. The van der Waals surface area contributed by atoms with E-state index in [0.717, 1.165) is 41.6 Å². The summed E-state index contributed by atoms with van der Waals surface area (Å²) >= 11 is 1.49. The summed E-state index contributed by atoms with van der Waals surface area (Å²) in [4.78, 5) is 23.8. The molecule has 0 saturated carbocycles. The number of piperidine rings is 1. The number of benzene rings is 1. The van der Waals surface area contributed by atoms with Crippen LogP contribution in [0.25, 0.3) is 10.2 Å². The molecule has 2 fully saturated rings. The zero-order valence-electron chi connectivity index (χ0n) is 14.2. The van der Waals surface area contributed by atoms with Crippen molar-refractivity contribution in [3.05, 3.63) is 53.8 Å². The van der Waals surface area contributed by atoms with Crippen LogP contribution in [-0.4, -0.2) is 39.0 Å². The molecule has 2 bridgehead atoms. The molecule has 4 heterocycles. The third kappa shape index (κ3) is 2.74. The molecule has 2 unspecified atom stereocenters. The Bertz CT molecular complexity index is 895. The van der Waals surface area contributed by atoms with E-state index in [9.17, 15) is 4.79 Å². The number of rotatable bonds is 3. The van der Waals surface area contributed by atoms with Crippen LogP contribution in [0.3, 0.4) is 0 Å². The van der Waals surface area contributed by atoms with Crippen molar-refractivity contribution in [3.8, 4) is 5.75 Å². The largest absolute Gasteiger partial charge is 0.490 e. The molecule has 0 N–H and O–H groups in total. The standard InChI is InChI=1S/C20H19N3O2S/c24-20(19-22-17-3-1-2-4-18(17)26-19)23-13-5-6-14(23)12-16(11-13)25-15-7-9-21-10-8-15/h1-4,7-10,13-14,16H,5-6,11-12H2. The van der Waals surface area contributed by atoms with Crippen molar-refractivity contribution < 1.29 is 9.53 Å². The van der Waals surface area contributed by atoms with E-state index in [4.69, 9.17) is 4.74 Å². The van der Waals surface area contributed by atoms with Gasteiger partial charge in [-0.05, 0) is 37.1 Å². The number of hydrogen-bond acceptors (Lipinski definition) is 5. The fourth-order valence-electron chi connectivity index (χ4n) is 4.24. The van der Waals surface area contributed by atoms with Crippen LogP contribution in [0.2, 0.25) is 0 Å². The molecule has 2 aliphatic heterocycles. The van der Waals surface area contributed by atoms with Crippen molar-refractivity contribution in [1.29, 1.82) is 0 Å². The van der Waals surface area contributed by atoms with Gasteiger partial charge in [0.1, 0.15) is 11.9 Å². The van der Waals surface area contributed by atoms with Crippen LogP contribution < -0.4 is 4.74 Å². The Labute approximate surface area is 155 Å². The van der Waals surface area contributed by atoms with E-state index in [-0.39, 0.29) is 24.1 Å². The van der Waals surface area contributed by atoms with Gasteiger partial charge < -0.3 is 9.64 Å². The highest BCUT2D eigenvalue weighted by Gasteiger charge is 2.44. The average molecular weight is 365 g/mol. The van der Waals surface area contributed by atoms with Gasteiger partial charge in [-0.1, -0.05) is 12.1 Å². The molecule has 2 atom stereocenters. The second kappa shape index (κ2) is 6.36. The normalized spacial score (nSPS) is 24.8. The van der Waals surface area contributed by atoms with Gasteiger partial charge in [0.2, 0.25) is 0 Å². The predicted molar refractivity (Wildman–Crippen MR) is 100 cm³/mol. The van der Waals surface area contributed by atoms with Gasteiger partial charge in [-0.3, -0.25) is 9.78 Å². The van der Waals surface area contributed by atoms with Gasteiger partial charge in [-0.15, -0.1) is 11.3 Å². The summed E-state index contributed by atoms with van der Waals surface area (Å²) in [6, 6.07) is 12.2. The van der Waals surface area contributed by atoms with Crippen molar-refractivity contribution >= 4 is 27.5 Å². The van der Waals surface area contributed by atoms with Gasteiger partial charge in [0.25, 0.3) is 5.91 Å². The summed E-state index contributed by atoms with van der Waals surface area (Å²) in [5, 5.41) is 0.608. The van der Waals surface area contributed by atoms with Crippen molar-refractivity contribution in [2.24, 2.45) is 0 Å². The lowest BCUT2D eigenvalue weighted by atomic mass is 9.99. The Morgan fingerprint density at radius 3 is 2.54 bits per heavy atom. The number of thiazole rings is 1. The predicted octanol–water partition coefficient (Wildman–Crippen LogP) is 3.91. The molecule has 0 spiro atoms. The van der Waals surface area contributed by atoms with Crippen LogP contribution in [-0.2, 0) is 0 Å². The summed E-state index contributed by atoms with van der Waals surface area (Å²) in [7, 11) is 0. The van der Waals surface area contributed by atoms with Crippen LogP contribution in [0.5, 0.6) is 5.75 Å². The van der Waals surface area contributed by atoms with E-state index in [1.54, 1.807) is 12.4 Å². The molecule has 1 amide bonds. The highest BCUT2D eigenvalue weighted by molar-refractivity contribution is 7.20. The molecule has 5 nitrogen and oxygen atoms in total. The Morgan fingerprint density at radius 2 is 1.81 bits per heavy atom. The number of amides is 1. The Hall–Kier alpha value is -2.47. The highest BCUT2D eigenvalue weighted by Crippen LogP contribution is 2.39. The van der Waals surface area contributed by atoms with E-state index in [1.165, 1.54) is 11.3 Å². The van der Waals surface area contributed by atoms with Crippen LogP contribution in [0.4, 0.5) is 0 Å². The van der Waals surface area contributed by atoms with E-state index >= 15 is 0 Å². The van der Waals surface area contributed by atoms with Gasteiger partial charge in [-0.25, -0.2) is 4.98 Å². The minimum Gasteiger partial charge on any atom is -0.490 e. The van der Waals surface area contributed by atoms with E-state index in [0.29, 0.717) is 5.01 Å². The zero-order chi connectivity index (χ0) is 17.5. The number of aromatic nitrogens is 2. The van der Waals surface area contributed by atoms with E-state index in [2.05, 4.69) is 14.9 Å². The second-order valence-corrected chi connectivity index (χ2v) is 8.01. The molecule has 2 saturated heterocycles. The number of carbonyl (C=O) groups excluding carboxylic acids is 1. The maximum absolute atomic E-state index is 13.1. The lowest BCUT2D eigenvalue weighted by Gasteiger charge is -2.38. The molecule has 2 aliphatic rings. The Balaban J connectivity index is 1.34. The summed E-state index contributed by atoms with van der Waals surface area (Å²) < 4.78 is 7.20. The van der Waals surface area contributed by atoms with Crippen molar-refractivity contribution in [2.75, 3.05) is 0 Å². The molecular formula is C20H19N3O2S. The van der Waals surface area contributed by atoms with Crippen molar-refractivity contribution in [2.45, 2.75) is 43.9 Å². The number of carbonyl (C=O) groups is 1. The zero-order valence-corrected chi connectivity index (χ0v) is 15.1. The number of nitrogens with zero attached hydrogens (tertiary/aromatic N) is 3. The third-order valence-electron chi connectivity index (χ3n) is 5.35. The number of fused-ring (bicyclic) bond motifs is 3. The molecule has 5 rings (SSSR count).